The highest BCUT2D eigenvalue weighted by atomic mass is 35.5. The largest absolute Gasteiger partial charge is 0.354 e. The van der Waals surface area contributed by atoms with E-state index in [1.54, 1.807) is 25.1 Å². The summed E-state index contributed by atoms with van der Waals surface area (Å²) >= 11 is 6.14. The molecule has 170 valence electrons. The molecule has 4 rings (SSSR count). The van der Waals surface area contributed by atoms with Crippen LogP contribution in [-0.2, 0) is 16.1 Å². The molecule has 0 bridgehead atoms. The van der Waals surface area contributed by atoms with Crippen LogP contribution in [0.4, 0.5) is 5.69 Å². The second-order valence-corrected chi connectivity index (χ2v) is 8.63. The molecule has 1 heterocycles. The Balaban J connectivity index is 1.62. The Morgan fingerprint density at radius 3 is 2.55 bits per heavy atom. The number of carbonyl (C=O) groups is 3. The van der Waals surface area contributed by atoms with Gasteiger partial charge in [0, 0.05) is 29.1 Å². The monoisotopic (exact) mass is 463 g/mol. The Hall–Kier alpha value is -3.38. The lowest BCUT2D eigenvalue weighted by Gasteiger charge is -2.30. The van der Waals surface area contributed by atoms with E-state index in [4.69, 9.17) is 11.6 Å². The minimum atomic E-state index is -0.709. The van der Waals surface area contributed by atoms with E-state index in [1.807, 2.05) is 49.4 Å². The summed E-state index contributed by atoms with van der Waals surface area (Å²) in [7, 11) is 0. The van der Waals surface area contributed by atoms with E-state index in [-0.39, 0.29) is 30.8 Å². The Labute approximate surface area is 198 Å². The highest BCUT2D eigenvalue weighted by Crippen LogP contribution is 2.37. The molecule has 0 spiro atoms. The topological polar surface area (TPSA) is 69.7 Å². The molecule has 3 aromatic rings. The van der Waals surface area contributed by atoms with Crippen molar-refractivity contribution in [3.63, 3.8) is 0 Å². The first-order valence-electron chi connectivity index (χ1n) is 11.1. The molecular weight excluding hydrogens is 438 g/mol. The third-order valence-electron chi connectivity index (χ3n) is 5.90. The number of rotatable bonds is 8. The third kappa shape index (κ3) is 4.57. The lowest BCUT2D eigenvalue weighted by Crippen LogP contribution is -2.51. The number of amides is 3. The predicted octanol–water partition coefficient (Wildman–Crippen LogP) is 4.40. The van der Waals surface area contributed by atoms with Crippen LogP contribution in [0.5, 0.6) is 0 Å². The molecular formula is C26H26ClN3O3. The summed E-state index contributed by atoms with van der Waals surface area (Å²) < 4.78 is 0. The van der Waals surface area contributed by atoms with Crippen LogP contribution >= 0.6 is 11.6 Å². The van der Waals surface area contributed by atoms with Crippen LogP contribution in [0.15, 0.2) is 60.7 Å². The number of nitrogens with one attached hydrogen (secondary N) is 1. The predicted molar refractivity (Wildman–Crippen MR) is 130 cm³/mol. The zero-order valence-electron chi connectivity index (χ0n) is 18.7. The number of anilines is 1. The highest BCUT2D eigenvalue weighted by molar-refractivity contribution is 6.30. The molecule has 1 atom stereocenters. The van der Waals surface area contributed by atoms with E-state index < -0.39 is 6.04 Å². The summed E-state index contributed by atoms with van der Waals surface area (Å²) in [5.41, 5.74) is 2.11. The summed E-state index contributed by atoms with van der Waals surface area (Å²) in [4.78, 5) is 42.4. The summed E-state index contributed by atoms with van der Waals surface area (Å²) in [6.07, 6.45) is 0.797. The standard InChI is InChI=1S/C26H26ClN3O3/c1-3-13-28-25(32)17(2)29(15-18-7-4-10-20(27)14-18)23(31)16-30-22-12-6-9-19-8-5-11-21(24(19)22)26(30)33/h4-12,14,17H,3,13,15-16H2,1-2H3,(H,28,32)/t17-/m1/s1. The van der Waals surface area contributed by atoms with Crippen molar-refractivity contribution in [3.05, 3.63) is 76.8 Å². The molecule has 1 N–H and O–H groups in total. The van der Waals surface area contributed by atoms with Crippen LogP contribution < -0.4 is 10.2 Å². The second-order valence-electron chi connectivity index (χ2n) is 8.19. The zero-order chi connectivity index (χ0) is 23.5. The van der Waals surface area contributed by atoms with Gasteiger partial charge >= 0.3 is 0 Å². The number of nitrogens with zero attached hydrogens (tertiary/aromatic N) is 2. The van der Waals surface area contributed by atoms with E-state index in [2.05, 4.69) is 5.32 Å². The van der Waals surface area contributed by atoms with E-state index in [0.717, 1.165) is 22.8 Å². The normalized spacial score (nSPS) is 13.3. The van der Waals surface area contributed by atoms with E-state index in [1.165, 1.54) is 9.80 Å². The van der Waals surface area contributed by atoms with Crippen molar-refractivity contribution in [2.45, 2.75) is 32.9 Å². The molecule has 3 aromatic carbocycles. The van der Waals surface area contributed by atoms with Crippen LogP contribution in [0.3, 0.4) is 0 Å². The molecule has 1 aliphatic heterocycles. The third-order valence-corrected chi connectivity index (χ3v) is 6.14. The summed E-state index contributed by atoms with van der Waals surface area (Å²) in [5.74, 6) is -0.751. The first-order valence-corrected chi connectivity index (χ1v) is 11.4. The fraction of sp³-hybridized carbons (Fsp3) is 0.269. The molecule has 0 unspecified atom stereocenters. The van der Waals surface area contributed by atoms with Crippen LogP contribution in [0.1, 0.15) is 36.2 Å². The molecule has 1 aliphatic rings. The lowest BCUT2D eigenvalue weighted by atomic mass is 10.1. The second kappa shape index (κ2) is 9.63. The smallest absolute Gasteiger partial charge is 0.259 e. The van der Waals surface area contributed by atoms with Gasteiger partial charge in [-0.1, -0.05) is 54.9 Å². The summed E-state index contributed by atoms with van der Waals surface area (Å²) in [6, 6.07) is 17.7. The van der Waals surface area contributed by atoms with Gasteiger partial charge in [-0.25, -0.2) is 0 Å². The first kappa shape index (κ1) is 22.8. The molecule has 0 fully saturated rings. The number of hydrogen-bond donors (Lipinski definition) is 1. The molecule has 0 saturated carbocycles. The SMILES string of the molecule is CCCNC(=O)[C@@H](C)N(Cc1cccc(Cl)c1)C(=O)CN1C(=O)c2cccc3cccc1c23. The number of hydrogen-bond acceptors (Lipinski definition) is 3. The Morgan fingerprint density at radius 1 is 1.09 bits per heavy atom. The van der Waals surface area contributed by atoms with Crippen molar-refractivity contribution in [2.75, 3.05) is 18.0 Å². The van der Waals surface area contributed by atoms with Crippen molar-refractivity contribution in [2.24, 2.45) is 0 Å². The molecule has 0 aromatic heterocycles. The van der Waals surface area contributed by atoms with E-state index >= 15 is 0 Å². The van der Waals surface area contributed by atoms with Gasteiger partial charge in [-0.2, -0.15) is 0 Å². The molecule has 33 heavy (non-hydrogen) atoms. The minimum Gasteiger partial charge on any atom is -0.354 e. The van der Waals surface area contributed by atoms with Gasteiger partial charge in [0.25, 0.3) is 5.91 Å². The van der Waals surface area contributed by atoms with Crippen molar-refractivity contribution in [1.29, 1.82) is 0 Å². The van der Waals surface area contributed by atoms with Crippen LogP contribution in [0.25, 0.3) is 10.8 Å². The van der Waals surface area contributed by atoms with Crippen molar-refractivity contribution in [1.82, 2.24) is 10.2 Å². The Kier molecular flexibility index (Phi) is 6.65. The van der Waals surface area contributed by atoms with Gasteiger partial charge < -0.3 is 10.2 Å². The molecule has 0 aliphatic carbocycles. The van der Waals surface area contributed by atoms with Gasteiger partial charge in [-0.05, 0) is 48.6 Å². The van der Waals surface area contributed by atoms with Crippen LogP contribution in [-0.4, -0.2) is 41.8 Å². The van der Waals surface area contributed by atoms with Gasteiger partial charge in [-0.3, -0.25) is 19.3 Å². The number of benzene rings is 3. The molecule has 7 heteroatoms. The quantitative estimate of drug-likeness (QED) is 0.538. The average molecular weight is 464 g/mol. The maximum Gasteiger partial charge on any atom is 0.259 e. The van der Waals surface area contributed by atoms with Gasteiger partial charge in [0.2, 0.25) is 11.8 Å². The zero-order valence-corrected chi connectivity index (χ0v) is 19.4. The fourth-order valence-electron chi connectivity index (χ4n) is 4.17. The first-order chi connectivity index (χ1) is 15.9. The van der Waals surface area contributed by atoms with E-state index in [9.17, 15) is 14.4 Å². The molecule has 0 saturated heterocycles. The van der Waals surface area contributed by atoms with Gasteiger partial charge in [0.1, 0.15) is 12.6 Å². The highest BCUT2D eigenvalue weighted by Gasteiger charge is 2.34. The molecule has 3 amide bonds. The Morgan fingerprint density at radius 2 is 1.82 bits per heavy atom. The summed E-state index contributed by atoms with van der Waals surface area (Å²) in [6.45, 7) is 4.26. The summed E-state index contributed by atoms with van der Waals surface area (Å²) in [5, 5.41) is 5.22. The minimum absolute atomic E-state index is 0.154. The van der Waals surface area contributed by atoms with Crippen molar-refractivity contribution >= 4 is 45.8 Å². The maximum absolute atomic E-state index is 13.5. The maximum atomic E-state index is 13.5. The van der Waals surface area contributed by atoms with Gasteiger partial charge in [0.15, 0.2) is 0 Å². The van der Waals surface area contributed by atoms with Crippen molar-refractivity contribution < 1.29 is 14.4 Å². The fourth-order valence-corrected chi connectivity index (χ4v) is 4.39. The van der Waals surface area contributed by atoms with E-state index in [0.29, 0.717) is 22.8 Å². The lowest BCUT2D eigenvalue weighted by molar-refractivity contribution is -0.139. The average Bonchev–Trinajstić information content (AvgIpc) is 3.08. The van der Waals surface area contributed by atoms with Crippen LogP contribution in [0.2, 0.25) is 5.02 Å². The van der Waals surface area contributed by atoms with Gasteiger partial charge in [-0.15, -0.1) is 0 Å². The molecule has 0 radical (unpaired) electrons. The van der Waals surface area contributed by atoms with Crippen molar-refractivity contribution in [3.8, 4) is 0 Å². The Bertz CT molecular complexity index is 1220. The van der Waals surface area contributed by atoms with Crippen LogP contribution in [0, 0.1) is 0 Å². The number of carbonyl (C=O) groups excluding carboxylic acids is 3. The number of halogens is 1. The van der Waals surface area contributed by atoms with Gasteiger partial charge in [0.05, 0.1) is 5.69 Å². The molecule has 6 nitrogen and oxygen atoms in total.